The Bertz CT molecular complexity index is 1280. The van der Waals surface area contributed by atoms with Gasteiger partial charge in [-0.1, -0.05) is 83.5 Å². The quantitative estimate of drug-likeness (QED) is 0.287. The van der Waals surface area contributed by atoms with E-state index in [0.717, 1.165) is 64.7 Å². The lowest BCUT2D eigenvalue weighted by Gasteiger charge is -2.27. The van der Waals surface area contributed by atoms with Crippen LogP contribution in [0.15, 0.2) is 82.8 Å². The summed E-state index contributed by atoms with van der Waals surface area (Å²) in [6, 6.07) is 24.7. The Hall–Kier alpha value is -2.20. The van der Waals surface area contributed by atoms with Crippen LogP contribution in [0.25, 0.3) is 0 Å². The van der Waals surface area contributed by atoms with E-state index in [9.17, 15) is 0 Å². The van der Waals surface area contributed by atoms with Gasteiger partial charge in [-0.3, -0.25) is 14.8 Å². The Labute approximate surface area is 249 Å². The molecule has 0 amide bonds. The molecule has 0 radical (unpaired) electrons. The number of hydrogen-bond acceptors (Lipinski definition) is 8. The fraction of sp³-hybridized carbons (Fsp3) is 0.310. The van der Waals surface area contributed by atoms with Crippen molar-refractivity contribution in [3.8, 4) is 0 Å². The first-order valence-electron chi connectivity index (χ1n) is 12.9. The number of amidine groups is 2. The Balaban J connectivity index is 1.04. The molecule has 10 heteroatoms. The lowest BCUT2D eigenvalue weighted by Crippen LogP contribution is -2.43. The van der Waals surface area contributed by atoms with Gasteiger partial charge in [-0.25, -0.2) is 4.99 Å². The molecule has 0 aliphatic carbocycles. The second kappa shape index (κ2) is 14.4. The lowest BCUT2D eigenvalue weighted by molar-refractivity contribution is 0.256. The Kier molecular flexibility index (Phi) is 10.5. The van der Waals surface area contributed by atoms with Gasteiger partial charge in [0.25, 0.3) is 0 Å². The van der Waals surface area contributed by atoms with Crippen molar-refractivity contribution >= 4 is 57.7 Å². The number of hydrogen-bond donors (Lipinski definition) is 2. The van der Waals surface area contributed by atoms with Crippen molar-refractivity contribution in [3.05, 3.63) is 105 Å². The second-order valence-corrected chi connectivity index (χ2v) is 12.3. The highest BCUT2D eigenvalue weighted by Gasteiger charge is 2.15. The van der Waals surface area contributed by atoms with Gasteiger partial charge in [0.1, 0.15) is 5.84 Å². The predicted molar refractivity (Wildman–Crippen MR) is 168 cm³/mol. The van der Waals surface area contributed by atoms with Crippen LogP contribution in [0.4, 0.5) is 0 Å². The van der Waals surface area contributed by atoms with Gasteiger partial charge in [0.15, 0.2) is 5.17 Å². The standard InChI is InChI=1S/C29H32Cl2N6S2/c30-26-9-5-22(6-10-26)13-36-18-32-28(33-19-36)17-38-15-24-3-1-2-4-25(24)16-39-29-34-20-37(21-35-29)14-23-7-11-27(31)12-8-23/h1-12H,13-21H2,(H,32,33)(H,34,35). The van der Waals surface area contributed by atoms with E-state index in [1.807, 2.05) is 36.0 Å². The molecule has 0 spiro atoms. The van der Waals surface area contributed by atoms with Crippen molar-refractivity contribution in [2.75, 3.05) is 32.4 Å². The first-order valence-corrected chi connectivity index (χ1v) is 15.8. The molecule has 2 heterocycles. The van der Waals surface area contributed by atoms with Crippen molar-refractivity contribution in [3.63, 3.8) is 0 Å². The summed E-state index contributed by atoms with van der Waals surface area (Å²) in [7, 11) is 0. The molecule has 0 saturated heterocycles. The number of nitrogens with one attached hydrogen (secondary N) is 2. The molecule has 6 nitrogen and oxygen atoms in total. The fourth-order valence-electron chi connectivity index (χ4n) is 4.29. The van der Waals surface area contributed by atoms with Gasteiger partial charge < -0.3 is 10.6 Å². The number of thioether (sulfide) groups is 2. The molecule has 2 aliphatic heterocycles. The van der Waals surface area contributed by atoms with E-state index in [0.29, 0.717) is 13.3 Å². The molecule has 0 fully saturated rings. The first-order chi connectivity index (χ1) is 19.1. The first kappa shape index (κ1) is 28.3. The van der Waals surface area contributed by atoms with Crippen molar-refractivity contribution in [1.29, 1.82) is 0 Å². The highest BCUT2D eigenvalue weighted by atomic mass is 35.5. The van der Waals surface area contributed by atoms with Gasteiger partial charge in [-0.15, -0.1) is 11.8 Å². The molecule has 2 N–H and O–H groups in total. The highest BCUT2D eigenvalue weighted by Crippen LogP contribution is 2.23. The van der Waals surface area contributed by atoms with Gasteiger partial charge >= 0.3 is 0 Å². The monoisotopic (exact) mass is 598 g/mol. The average molecular weight is 600 g/mol. The summed E-state index contributed by atoms with van der Waals surface area (Å²) in [6.07, 6.45) is 0. The fourth-order valence-corrected chi connectivity index (χ4v) is 6.42. The van der Waals surface area contributed by atoms with Gasteiger partial charge in [0, 0.05) is 34.6 Å². The number of aliphatic imine (C=N–C) groups is 2. The molecule has 3 aromatic rings. The Morgan fingerprint density at radius 2 is 1.23 bits per heavy atom. The molecule has 5 rings (SSSR count). The Morgan fingerprint density at radius 3 is 1.77 bits per heavy atom. The van der Waals surface area contributed by atoms with E-state index in [1.54, 1.807) is 11.8 Å². The summed E-state index contributed by atoms with van der Waals surface area (Å²) in [5, 5.41) is 9.50. The van der Waals surface area contributed by atoms with Crippen LogP contribution in [0.3, 0.4) is 0 Å². The van der Waals surface area contributed by atoms with E-state index in [2.05, 4.69) is 69.0 Å². The third-order valence-corrected chi connectivity index (χ3v) is 8.95. The number of halogens is 2. The molecule has 0 unspecified atom stereocenters. The molecule has 0 atom stereocenters. The van der Waals surface area contributed by atoms with Crippen LogP contribution in [0.1, 0.15) is 22.3 Å². The van der Waals surface area contributed by atoms with Crippen molar-refractivity contribution in [1.82, 2.24) is 20.4 Å². The maximum Gasteiger partial charge on any atom is 0.159 e. The number of benzene rings is 3. The van der Waals surface area contributed by atoms with Gasteiger partial charge in [0.05, 0.1) is 32.4 Å². The van der Waals surface area contributed by atoms with Crippen LogP contribution >= 0.6 is 46.7 Å². The van der Waals surface area contributed by atoms with Crippen molar-refractivity contribution < 1.29 is 0 Å². The number of rotatable bonds is 10. The van der Waals surface area contributed by atoms with Gasteiger partial charge in [-0.05, 0) is 46.5 Å². The highest BCUT2D eigenvalue weighted by molar-refractivity contribution is 8.13. The summed E-state index contributed by atoms with van der Waals surface area (Å²) in [6.45, 7) is 4.72. The molecule has 39 heavy (non-hydrogen) atoms. The van der Waals surface area contributed by atoms with Crippen LogP contribution < -0.4 is 10.6 Å². The summed E-state index contributed by atoms with van der Waals surface area (Å²) in [5.41, 5.74) is 5.21. The summed E-state index contributed by atoms with van der Waals surface area (Å²) >= 11 is 15.7. The summed E-state index contributed by atoms with van der Waals surface area (Å²) in [4.78, 5) is 14.1. The van der Waals surface area contributed by atoms with E-state index < -0.39 is 0 Å². The van der Waals surface area contributed by atoms with Crippen LogP contribution in [0, 0.1) is 0 Å². The second-order valence-electron chi connectivity index (χ2n) is 9.48. The zero-order valence-corrected chi connectivity index (χ0v) is 24.8. The summed E-state index contributed by atoms with van der Waals surface area (Å²) in [5.74, 6) is 3.82. The Morgan fingerprint density at radius 1 is 0.667 bits per heavy atom. The van der Waals surface area contributed by atoms with Crippen LogP contribution in [-0.4, -0.2) is 53.2 Å². The molecule has 2 aliphatic rings. The largest absolute Gasteiger partial charge is 0.360 e. The zero-order chi connectivity index (χ0) is 26.9. The van der Waals surface area contributed by atoms with Crippen LogP contribution in [0.2, 0.25) is 10.0 Å². The van der Waals surface area contributed by atoms with Crippen molar-refractivity contribution in [2.45, 2.75) is 24.6 Å². The zero-order valence-electron chi connectivity index (χ0n) is 21.7. The smallest absolute Gasteiger partial charge is 0.159 e. The minimum absolute atomic E-state index is 0.696. The maximum atomic E-state index is 6.00. The molecule has 0 bridgehead atoms. The molecule has 0 saturated carbocycles. The number of nitrogens with zero attached hydrogens (tertiary/aromatic N) is 4. The molecule has 0 aromatic heterocycles. The molecular formula is C29H32Cl2N6S2. The molecular weight excluding hydrogens is 567 g/mol. The van der Waals surface area contributed by atoms with Crippen molar-refractivity contribution in [2.24, 2.45) is 9.98 Å². The third kappa shape index (κ3) is 8.90. The normalized spacial score (nSPS) is 16.3. The molecule has 3 aromatic carbocycles. The topological polar surface area (TPSA) is 55.3 Å². The maximum absolute atomic E-state index is 6.00. The average Bonchev–Trinajstić information content (AvgIpc) is 2.97. The van der Waals surface area contributed by atoms with E-state index >= 15 is 0 Å². The van der Waals surface area contributed by atoms with Crippen LogP contribution in [-0.2, 0) is 24.6 Å². The SMILES string of the molecule is Clc1ccc(CN2CN=C(CSCc3ccccc3CSC3=NCN(Cc4ccc(Cl)cc4)CN3)NC2)cc1. The summed E-state index contributed by atoms with van der Waals surface area (Å²) < 4.78 is 0. The predicted octanol–water partition coefficient (Wildman–Crippen LogP) is 6.26. The molecule has 204 valence electrons. The van der Waals surface area contributed by atoms with E-state index in [1.165, 1.54) is 22.3 Å². The minimum atomic E-state index is 0.696. The van der Waals surface area contributed by atoms with Crippen LogP contribution in [0.5, 0.6) is 0 Å². The van der Waals surface area contributed by atoms with E-state index in [4.69, 9.17) is 33.2 Å². The van der Waals surface area contributed by atoms with Gasteiger partial charge in [0.2, 0.25) is 0 Å². The third-order valence-electron chi connectivity index (χ3n) is 6.45. The van der Waals surface area contributed by atoms with Gasteiger partial charge in [-0.2, -0.15) is 0 Å². The van der Waals surface area contributed by atoms with E-state index in [-0.39, 0.29) is 0 Å². The lowest BCUT2D eigenvalue weighted by atomic mass is 10.1. The minimum Gasteiger partial charge on any atom is -0.360 e.